The number of β-amino-alcohol motifs (C(OH)–C–C–N with tert-alkyl or cyclic N) is 1. The number of hydrogen-bond acceptors (Lipinski definition) is 17. The van der Waals surface area contributed by atoms with E-state index >= 15 is 0 Å². The van der Waals surface area contributed by atoms with Crippen LogP contribution >= 0.6 is 0 Å². The summed E-state index contributed by atoms with van der Waals surface area (Å²) < 4.78 is 16.4. The minimum absolute atomic E-state index is 0.0385. The number of primary amides is 1. The number of aliphatic hydroxyl groups is 3. The Bertz CT molecular complexity index is 1350. The van der Waals surface area contributed by atoms with Crippen LogP contribution in [0, 0.1) is 5.92 Å². The van der Waals surface area contributed by atoms with E-state index in [1.165, 1.54) is 21.0 Å². The maximum absolute atomic E-state index is 12.9. The summed E-state index contributed by atoms with van der Waals surface area (Å²) in [5.74, 6) is -7.18. The molecule has 2 saturated heterocycles. The number of aliphatic carboxylic acids is 1. The van der Waals surface area contributed by atoms with Crippen molar-refractivity contribution in [2.75, 3.05) is 40.4 Å². The van der Waals surface area contributed by atoms with Crippen LogP contribution in [0.15, 0.2) is 4.99 Å². The number of nitrogens with two attached hydrogens (primary N) is 1. The second-order valence-corrected chi connectivity index (χ2v) is 11.7. The summed E-state index contributed by atoms with van der Waals surface area (Å²) in [5, 5.41) is 55.7. The Hall–Kier alpha value is -4.84. The van der Waals surface area contributed by atoms with Crippen LogP contribution in [-0.2, 0) is 43.0 Å². The Balaban J connectivity index is 1.80. The number of ether oxygens (including phenoxy) is 3. The number of esters is 1. The molecule has 280 valence electrons. The molecule has 0 spiro atoms. The highest BCUT2D eigenvalue weighted by molar-refractivity contribution is 6.02. The highest BCUT2D eigenvalue weighted by atomic mass is 16.6. The number of nitrogens with zero attached hydrogens (tertiary/aromatic N) is 2. The Morgan fingerprint density at radius 2 is 1.80 bits per heavy atom. The number of guanidine groups is 1. The molecule has 0 bridgehead atoms. The number of carbonyl (C=O) groups is 7. The van der Waals surface area contributed by atoms with Crippen LogP contribution in [0.2, 0.25) is 0 Å². The first kappa shape index (κ1) is 39.6. The SMILES string of the molecule is CNCC(=O)N(C)[C@@H]1[C@H](O)[C@@H](OC(N)=O)[C@@H](COC(=O)[C@H](CO)NC(=O)C(C)C(=O)NC(C)C(=O)O)O[C@H]1NC1=NC2C(=O)NCC(O)C2N1. The van der Waals surface area contributed by atoms with Gasteiger partial charge in [-0.05, 0) is 20.9 Å². The van der Waals surface area contributed by atoms with Crippen LogP contribution in [0.4, 0.5) is 4.79 Å². The van der Waals surface area contributed by atoms with Gasteiger partial charge in [-0.2, -0.15) is 0 Å². The molecule has 3 heterocycles. The number of rotatable bonds is 14. The van der Waals surface area contributed by atoms with Gasteiger partial charge < -0.3 is 77.2 Å². The summed E-state index contributed by atoms with van der Waals surface area (Å²) in [6, 6.07) is -6.23. The minimum atomic E-state index is -1.76. The van der Waals surface area contributed by atoms with Gasteiger partial charge in [-0.15, -0.1) is 0 Å². The van der Waals surface area contributed by atoms with Crippen molar-refractivity contribution < 1.29 is 68.2 Å². The average molecular weight is 718 g/mol. The lowest BCUT2D eigenvalue weighted by molar-refractivity contribution is -0.219. The number of carboxylic acid groups (broad SMARTS) is 1. The van der Waals surface area contributed by atoms with E-state index in [1.807, 2.05) is 0 Å². The van der Waals surface area contributed by atoms with Crippen LogP contribution < -0.4 is 37.6 Å². The Morgan fingerprint density at radius 3 is 2.38 bits per heavy atom. The monoisotopic (exact) mass is 717 g/mol. The summed E-state index contributed by atoms with van der Waals surface area (Å²) >= 11 is 0. The number of aliphatic imine (C=N–C) groups is 1. The summed E-state index contributed by atoms with van der Waals surface area (Å²) in [4.78, 5) is 91.2. The van der Waals surface area contributed by atoms with Crippen molar-refractivity contribution in [1.29, 1.82) is 0 Å². The number of nitrogens with one attached hydrogen (secondary N) is 6. The number of hydrogen-bond donors (Lipinski definition) is 11. The molecule has 0 saturated carbocycles. The predicted octanol–water partition coefficient (Wildman–Crippen LogP) is -7.40. The first-order chi connectivity index (χ1) is 23.5. The number of amides is 5. The molecule has 23 heteroatoms. The van der Waals surface area contributed by atoms with E-state index < -0.39 is 122 Å². The molecule has 5 unspecified atom stereocenters. The Labute approximate surface area is 284 Å². The van der Waals surface area contributed by atoms with E-state index in [0.29, 0.717) is 0 Å². The van der Waals surface area contributed by atoms with Gasteiger partial charge in [0.2, 0.25) is 23.6 Å². The zero-order chi connectivity index (χ0) is 37.4. The van der Waals surface area contributed by atoms with Crippen molar-refractivity contribution in [2.24, 2.45) is 16.6 Å². The van der Waals surface area contributed by atoms with Gasteiger partial charge in [0, 0.05) is 13.6 Å². The van der Waals surface area contributed by atoms with Crippen LogP contribution in [-0.4, -0.2) is 174 Å². The number of carbonyl (C=O) groups excluding carboxylic acids is 6. The van der Waals surface area contributed by atoms with Crippen molar-refractivity contribution in [1.82, 2.24) is 36.8 Å². The third-order valence-electron chi connectivity index (χ3n) is 8.15. The maximum atomic E-state index is 12.9. The van der Waals surface area contributed by atoms with E-state index in [-0.39, 0.29) is 19.0 Å². The molecule has 2 fully saturated rings. The molecular weight excluding hydrogens is 674 g/mol. The molecule has 11 atom stereocenters. The third kappa shape index (κ3) is 9.44. The van der Waals surface area contributed by atoms with E-state index in [1.54, 1.807) is 0 Å². The summed E-state index contributed by atoms with van der Waals surface area (Å²) in [6.07, 6.45) is -8.72. The van der Waals surface area contributed by atoms with Gasteiger partial charge in [-0.25, -0.2) is 14.6 Å². The normalized spacial score (nSPS) is 28.9. The van der Waals surface area contributed by atoms with Gasteiger partial charge in [0.05, 0.1) is 25.3 Å². The largest absolute Gasteiger partial charge is 0.480 e. The molecule has 3 aliphatic heterocycles. The second kappa shape index (κ2) is 17.2. The zero-order valence-electron chi connectivity index (χ0n) is 27.5. The van der Waals surface area contributed by atoms with Crippen molar-refractivity contribution >= 4 is 47.6 Å². The molecule has 0 aromatic rings. The van der Waals surface area contributed by atoms with Crippen molar-refractivity contribution in [3.8, 4) is 0 Å². The number of fused-ring (bicyclic) bond motifs is 1. The molecule has 3 rings (SSSR count). The lowest BCUT2D eigenvalue weighted by Gasteiger charge is -2.47. The van der Waals surface area contributed by atoms with Crippen molar-refractivity contribution in [2.45, 2.75) is 74.7 Å². The average Bonchev–Trinajstić information content (AvgIpc) is 3.49. The molecule has 0 aromatic carbocycles. The van der Waals surface area contributed by atoms with Gasteiger partial charge >= 0.3 is 18.0 Å². The zero-order valence-corrected chi connectivity index (χ0v) is 27.5. The number of likely N-dealkylation sites (N-methyl/N-ethyl adjacent to an activating group) is 2. The van der Waals surface area contributed by atoms with Gasteiger partial charge in [0.1, 0.15) is 36.8 Å². The lowest BCUT2D eigenvalue weighted by Crippen LogP contribution is -2.70. The van der Waals surface area contributed by atoms with Gasteiger partial charge in [0.25, 0.3) is 0 Å². The number of aliphatic hydroxyl groups excluding tert-OH is 3. The molecule has 3 aliphatic rings. The summed E-state index contributed by atoms with van der Waals surface area (Å²) in [5.41, 5.74) is 5.24. The molecular formula is C27H43N9O14. The molecule has 0 aliphatic carbocycles. The van der Waals surface area contributed by atoms with E-state index in [2.05, 4.69) is 36.9 Å². The molecule has 5 amide bonds. The van der Waals surface area contributed by atoms with E-state index in [0.717, 1.165) is 11.8 Å². The lowest BCUT2D eigenvalue weighted by atomic mass is 9.94. The van der Waals surface area contributed by atoms with E-state index in [9.17, 15) is 48.9 Å². The number of carboxylic acids is 1. The smallest absolute Gasteiger partial charge is 0.404 e. The van der Waals surface area contributed by atoms with E-state index in [4.69, 9.17) is 25.1 Å². The first-order valence-electron chi connectivity index (χ1n) is 15.4. The summed E-state index contributed by atoms with van der Waals surface area (Å²) in [6.45, 7) is 0.289. The fraction of sp³-hybridized carbons (Fsp3) is 0.704. The standard InChI is InChI=1S/C27H43N9O14/c1-9(20(41)31-10(2)24(44)45)21(42)32-11(7-37)25(46)48-8-13-19(50-26(28)47)18(40)17(36(4)14(39)6-29-3)23(49-13)35-27-33-15-12(38)5-30-22(43)16(15)34-27/h9-13,15-19,23,29,37-38,40H,5-8H2,1-4H3,(H2,28,47)(H,30,43)(H,31,41)(H,32,42)(H,44,45)(H2,33,34,35)/t9?,10?,11-,12?,13+,15?,16?,17+,18-,19-,23+/m0/s1. The third-order valence-corrected chi connectivity index (χ3v) is 8.15. The minimum Gasteiger partial charge on any atom is -0.480 e. The van der Waals surface area contributed by atoms with Gasteiger partial charge in [-0.3, -0.25) is 24.0 Å². The highest BCUT2D eigenvalue weighted by Gasteiger charge is 2.52. The van der Waals surface area contributed by atoms with Gasteiger partial charge in [0.15, 0.2) is 30.4 Å². The first-order valence-corrected chi connectivity index (χ1v) is 15.4. The topological polar surface area (TPSA) is 342 Å². The van der Waals surface area contributed by atoms with Crippen LogP contribution in [0.25, 0.3) is 0 Å². The van der Waals surface area contributed by atoms with Crippen molar-refractivity contribution in [3.05, 3.63) is 0 Å². The van der Waals surface area contributed by atoms with Crippen LogP contribution in [0.1, 0.15) is 13.8 Å². The molecule has 0 radical (unpaired) electrons. The second-order valence-electron chi connectivity index (χ2n) is 11.7. The molecule has 12 N–H and O–H groups in total. The molecule has 23 nitrogen and oxygen atoms in total. The van der Waals surface area contributed by atoms with Crippen LogP contribution in [0.3, 0.4) is 0 Å². The summed E-state index contributed by atoms with van der Waals surface area (Å²) in [7, 11) is 2.83. The van der Waals surface area contributed by atoms with Crippen LogP contribution in [0.5, 0.6) is 0 Å². The highest BCUT2D eigenvalue weighted by Crippen LogP contribution is 2.27. The Morgan fingerprint density at radius 1 is 1.14 bits per heavy atom. The molecule has 50 heavy (non-hydrogen) atoms. The Kier molecular flexibility index (Phi) is 13.6. The fourth-order valence-electron chi connectivity index (χ4n) is 5.28. The van der Waals surface area contributed by atoms with Gasteiger partial charge in [-0.1, -0.05) is 0 Å². The molecule has 0 aromatic heterocycles. The quantitative estimate of drug-likeness (QED) is 0.0587. The predicted molar refractivity (Wildman–Crippen MR) is 164 cm³/mol. The number of piperidine rings is 1. The van der Waals surface area contributed by atoms with Crippen molar-refractivity contribution in [3.63, 3.8) is 0 Å². The maximum Gasteiger partial charge on any atom is 0.404 e. The fourth-order valence-corrected chi connectivity index (χ4v) is 5.28.